The fraction of sp³-hybridized carbons (Fsp3) is 0.667. The largest absolute Gasteiger partial charge is 0.340 e. The molecule has 0 aromatic carbocycles. The summed E-state index contributed by atoms with van der Waals surface area (Å²) in [5.41, 5.74) is 2.32. The molecule has 2 aliphatic rings. The Hall–Kier alpha value is -2.06. The molecule has 1 saturated heterocycles. The molecule has 0 unspecified atom stereocenters. The Kier molecular flexibility index (Phi) is 5.12. The number of hydrogen-bond acceptors (Lipinski definition) is 7. The van der Waals surface area contributed by atoms with Crippen LogP contribution >= 0.6 is 0 Å². The predicted molar refractivity (Wildman–Crippen MR) is 95.9 cm³/mol. The third kappa shape index (κ3) is 4.02. The lowest BCUT2D eigenvalue weighted by Crippen LogP contribution is -2.47. The summed E-state index contributed by atoms with van der Waals surface area (Å²) in [5, 5.41) is 8.57. The minimum absolute atomic E-state index is 0.0387. The van der Waals surface area contributed by atoms with E-state index in [-0.39, 0.29) is 5.56 Å². The molecule has 1 aliphatic heterocycles. The van der Waals surface area contributed by atoms with E-state index >= 15 is 0 Å². The maximum Gasteiger partial charge on any atom is 0.267 e. The first kappa shape index (κ1) is 17.4. The van der Waals surface area contributed by atoms with Crippen molar-refractivity contribution in [2.45, 2.75) is 45.7 Å². The summed E-state index contributed by atoms with van der Waals surface area (Å²) < 4.78 is 6.68. The molecule has 0 saturated carbocycles. The van der Waals surface area contributed by atoms with E-state index in [2.05, 4.69) is 25.0 Å². The zero-order valence-corrected chi connectivity index (χ0v) is 15.4. The van der Waals surface area contributed by atoms with Crippen LogP contribution in [0.15, 0.2) is 15.4 Å². The number of aryl methyl sites for hydroxylation is 3. The highest BCUT2D eigenvalue weighted by atomic mass is 16.5. The van der Waals surface area contributed by atoms with E-state index in [0.717, 1.165) is 69.2 Å². The second-order valence-corrected chi connectivity index (χ2v) is 7.23. The van der Waals surface area contributed by atoms with Gasteiger partial charge in [0.15, 0.2) is 5.82 Å². The minimum Gasteiger partial charge on any atom is -0.340 e. The molecule has 1 aliphatic carbocycles. The standard InChI is InChI=1S/C18H26N6O2/c1-14-19-17(21-26-14)13-23-8-6-22(7-9-23)10-11-24-18(25)12-15-4-2-3-5-16(15)20-24/h12H,2-11,13H2,1H3. The van der Waals surface area contributed by atoms with Crippen LogP contribution in [0, 0.1) is 6.92 Å². The maximum absolute atomic E-state index is 12.3. The van der Waals surface area contributed by atoms with Crippen LogP contribution in [-0.2, 0) is 25.9 Å². The fourth-order valence-electron chi connectivity index (χ4n) is 3.77. The lowest BCUT2D eigenvalue weighted by molar-refractivity contribution is 0.119. The van der Waals surface area contributed by atoms with Gasteiger partial charge in [-0.2, -0.15) is 10.1 Å². The molecule has 2 aromatic heterocycles. The van der Waals surface area contributed by atoms with Crippen molar-refractivity contribution >= 4 is 0 Å². The van der Waals surface area contributed by atoms with E-state index in [1.807, 2.05) is 6.92 Å². The molecule has 140 valence electrons. The zero-order chi connectivity index (χ0) is 17.9. The van der Waals surface area contributed by atoms with E-state index in [0.29, 0.717) is 12.4 Å². The van der Waals surface area contributed by atoms with Crippen LogP contribution in [0.4, 0.5) is 0 Å². The summed E-state index contributed by atoms with van der Waals surface area (Å²) in [6.45, 7) is 7.98. The van der Waals surface area contributed by atoms with Gasteiger partial charge in [0.2, 0.25) is 5.89 Å². The van der Waals surface area contributed by atoms with Crippen molar-refractivity contribution in [2.75, 3.05) is 32.7 Å². The number of rotatable bonds is 5. The van der Waals surface area contributed by atoms with Crippen molar-refractivity contribution < 1.29 is 4.52 Å². The molecule has 0 amide bonds. The molecule has 0 spiro atoms. The van der Waals surface area contributed by atoms with Gasteiger partial charge in [0.05, 0.1) is 18.8 Å². The molecule has 8 heteroatoms. The van der Waals surface area contributed by atoms with E-state index in [1.165, 1.54) is 12.8 Å². The lowest BCUT2D eigenvalue weighted by Gasteiger charge is -2.34. The van der Waals surface area contributed by atoms with Gasteiger partial charge in [0.1, 0.15) is 0 Å². The third-order valence-corrected chi connectivity index (χ3v) is 5.30. The van der Waals surface area contributed by atoms with Crippen LogP contribution in [0.2, 0.25) is 0 Å². The van der Waals surface area contributed by atoms with E-state index in [9.17, 15) is 4.79 Å². The molecule has 0 atom stereocenters. The van der Waals surface area contributed by atoms with Gasteiger partial charge in [0, 0.05) is 45.7 Å². The summed E-state index contributed by atoms with van der Waals surface area (Å²) in [7, 11) is 0. The Morgan fingerprint density at radius 1 is 1.08 bits per heavy atom. The Morgan fingerprint density at radius 3 is 2.62 bits per heavy atom. The van der Waals surface area contributed by atoms with E-state index in [4.69, 9.17) is 4.52 Å². The van der Waals surface area contributed by atoms with E-state index in [1.54, 1.807) is 10.7 Å². The smallest absolute Gasteiger partial charge is 0.267 e. The third-order valence-electron chi connectivity index (χ3n) is 5.30. The SMILES string of the molecule is Cc1nc(CN2CCN(CCn3nc4c(cc3=O)CCCC4)CC2)no1. The van der Waals surface area contributed by atoms with Crippen molar-refractivity contribution in [1.29, 1.82) is 0 Å². The molecule has 3 heterocycles. The van der Waals surface area contributed by atoms with Gasteiger partial charge in [-0.1, -0.05) is 5.16 Å². The quantitative estimate of drug-likeness (QED) is 0.775. The second-order valence-electron chi connectivity index (χ2n) is 7.23. The van der Waals surface area contributed by atoms with Gasteiger partial charge in [0.25, 0.3) is 5.56 Å². The molecule has 2 aromatic rings. The zero-order valence-electron chi connectivity index (χ0n) is 15.4. The summed E-state index contributed by atoms with van der Waals surface area (Å²) in [4.78, 5) is 21.3. The normalized spacial score (nSPS) is 18.8. The first-order valence-corrected chi connectivity index (χ1v) is 9.51. The van der Waals surface area contributed by atoms with Crippen LogP contribution in [-0.4, -0.2) is 62.4 Å². The molecule has 8 nitrogen and oxygen atoms in total. The van der Waals surface area contributed by atoms with Crippen LogP contribution < -0.4 is 5.56 Å². The van der Waals surface area contributed by atoms with Gasteiger partial charge in [-0.05, 0) is 31.2 Å². The first-order chi connectivity index (χ1) is 12.7. The molecular weight excluding hydrogens is 332 g/mol. The molecule has 0 radical (unpaired) electrons. The Labute approximate surface area is 152 Å². The number of piperazine rings is 1. The van der Waals surface area contributed by atoms with E-state index < -0.39 is 0 Å². The molecule has 4 rings (SSSR count). The monoisotopic (exact) mass is 358 g/mol. The highest BCUT2D eigenvalue weighted by molar-refractivity contribution is 5.20. The summed E-state index contributed by atoms with van der Waals surface area (Å²) in [6, 6.07) is 1.80. The molecule has 0 N–H and O–H groups in total. The molecular formula is C18H26N6O2. The van der Waals surface area contributed by atoms with Crippen molar-refractivity contribution in [1.82, 2.24) is 29.7 Å². The van der Waals surface area contributed by atoms with Crippen LogP contribution in [0.3, 0.4) is 0 Å². The molecule has 1 fully saturated rings. The Morgan fingerprint density at radius 2 is 1.85 bits per heavy atom. The Bertz CT molecular complexity index is 806. The number of nitrogens with zero attached hydrogens (tertiary/aromatic N) is 6. The summed E-state index contributed by atoms with van der Waals surface area (Å²) in [6.07, 6.45) is 4.36. The second kappa shape index (κ2) is 7.67. The average molecular weight is 358 g/mol. The number of aromatic nitrogens is 4. The highest BCUT2D eigenvalue weighted by Crippen LogP contribution is 2.16. The highest BCUT2D eigenvalue weighted by Gasteiger charge is 2.19. The van der Waals surface area contributed by atoms with Gasteiger partial charge in [-0.3, -0.25) is 14.6 Å². The van der Waals surface area contributed by atoms with Crippen LogP contribution in [0.5, 0.6) is 0 Å². The lowest BCUT2D eigenvalue weighted by atomic mass is 9.97. The van der Waals surface area contributed by atoms with Gasteiger partial charge >= 0.3 is 0 Å². The van der Waals surface area contributed by atoms with Crippen molar-refractivity contribution in [3.8, 4) is 0 Å². The summed E-state index contributed by atoms with van der Waals surface area (Å²) >= 11 is 0. The topological polar surface area (TPSA) is 80.3 Å². The molecule has 0 bridgehead atoms. The van der Waals surface area contributed by atoms with Gasteiger partial charge in [-0.25, -0.2) is 4.68 Å². The van der Waals surface area contributed by atoms with Crippen molar-refractivity contribution in [2.24, 2.45) is 0 Å². The number of hydrogen-bond donors (Lipinski definition) is 0. The van der Waals surface area contributed by atoms with Gasteiger partial charge in [-0.15, -0.1) is 0 Å². The minimum atomic E-state index is 0.0387. The van der Waals surface area contributed by atoms with Crippen molar-refractivity contribution in [3.05, 3.63) is 39.4 Å². The summed E-state index contributed by atoms with van der Waals surface area (Å²) in [5.74, 6) is 1.36. The van der Waals surface area contributed by atoms with Crippen LogP contribution in [0.25, 0.3) is 0 Å². The van der Waals surface area contributed by atoms with Crippen LogP contribution in [0.1, 0.15) is 35.8 Å². The predicted octanol–water partition coefficient (Wildman–Crippen LogP) is 0.631. The maximum atomic E-state index is 12.3. The number of fused-ring (bicyclic) bond motifs is 1. The average Bonchev–Trinajstić information content (AvgIpc) is 3.06. The fourth-order valence-corrected chi connectivity index (χ4v) is 3.77. The van der Waals surface area contributed by atoms with Crippen molar-refractivity contribution in [3.63, 3.8) is 0 Å². The Balaban J connectivity index is 1.28. The molecule has 26 heavy (non-hydrogen) atoms. The first-order valence-electron chi connectivity index (χ1n) is 9.51. The van der Waals surface area contributed by atoms with Gasteiger partial charge < -0.3 is 4.52 Å².